The number of nitrogens with two attached hydrogens (primary N) is 1. The predicted molar refractivity (Wildman–Crippen MR) is 68.8 cm³/mol. The van der Waals surface area contributed by atoms with Crippen LogP contribution < -0.4 is 11.1 Å². The minimum Gasteiger partial charge on any atom is -0.348 e. The van der Waals surface area contributed by atoms with Crippen molar-refractivity contribution in [2.45, 2.75) is 20.0 Å². The van der Waals surface area contributed by atoms with Crippen molar-refractivity contribution in [2.75, 3.05) is 0 Å². The zero-order chi connectivity index (χ0) is 13.0. The lowest BCUT2D eigenvalue weighted by Crippen LogP contribution is -2.23. The number of H-pyrrole nitrogens is 1. The van der Waals surface area contributed by atoms with Gasteiger partial charge in [-0.25, -0.2) is 0 Å². The number of benzene rings is 1. The van der Waals surface area contributed by atoms with Gasteiger partial charge in [-0.15, -0.1) is 0 Å². The Morgan fingerprint density at radius 2 is 2.00 bits per heavy atom. The molecule has 0 spiro atoms. The van der Waals surface area contributed by atoms with E-state index in [1.54, 1.807) is 0 Å². The van der Waals surface area contributed by atoms with Crippen molar-refractivity contribution < 1.29 is 4.79 Å². The number of amides is 1. The number of aryl methyl sites for hydroxylation is 1. The molecule has 2 aromatic rings. The molecule has 1 amide bonds. The van der Waals surface area contributed by atoms with Crippen LogP contribution in [-0.4, -0.2) is 16.1 Å². The summed E-state index contributed by atoms with van der Waals surface area (Å²) in [4.78, 5) is 11.8. The standard InChI is InChI=1S/C13H16N4O/c1-9-12(8-16-17-9)13(18)15-7-11-4-2-10(6-14)3-5-11/h2-5,8H,6-7,14H2,1H3,(H,15,18)(H,16,17). The number of aromatic nitrogens is 2. The first-order valence-corrected chi connectivity index (χ1v) is 5.76. The molecule has 0 saturated carbocycles. The quantitative estimate of drug-likeness (QED) is 0.753. The average Bonchev–Trinajstić information content (AvgIpc) is 2.83. The fourth-order valence-electron chi connectivity index (χ4n) is 1.65. The second kappa shape index (κ2) is 5.46. The zero-order valence-corrected chi connectivity index (χ0v) is 10.2. The third kappa shape index (κ3) is 2.75. The molecule has 2 rings (SSSR count). The first-order chi connectivity index (χ1) is 8.70. The number of nitrogens with zero attached hydrogens (tertiary/aromatic N) is 1. The molecular formula is C13H16N4O. The summed E-state index contributed by atoms with van der Waals surface area (Å²) in [5.74, 6) is -0.121. The molecular weight excluding hydrogens is 228 g/mol. The maximum absolute atomic E-state index is 11.8. The molecule has 1 aromatic carbocycles. The van der Waals surface area contributed by atoms with Crippen molar-refractivity contribution in [1.82, 2.24) is 15.5 Å². The molecule has 5 heteroatoms. The van der Waals surface area contributed by atoms with Crippen molar-refractivity contribution in [3.05, 3.63) is 52.8 Å². The second-order valence-electron chi connectivity index (χ2n) is 4.11. The summed E-state index contributed by atoms with van der Waals surface area (Å²) in [5, 5.41) is 9.41. The van der Waals surface area contributed by atoms with E-state index in [1.807, 2.05) is 31.2 Å². The highest BCUT2D eigenvalue weighted by atomic mass is 16.1. The van der Waals surface area contributed by atoms with Gasteiger partial charge < -0.3 is 11.1 Å². The van der Waals surface area contributed by atoms with Gasteiger partial charge in [0.25, 0.3) is 5.91 Å². The monoisotopic (exact) mass is 244 g/mol. The van der Waals surface area contributed by atoms with E-state index in [1.165, 1.54) is 6.20 Å². The van der Waals surface area contributed by atoms with Crippen LogP contribution in [0.1, 0.15) is 27.2 Å². The van der Waals surface area contributed by atoms with Crippen LogP contribution >= 0.6 is 0 Å². The molecule has 0 aliphatic heterocycles. The fourth-order valence-corrected chi connectivity index (χ4v) is 1.65. The average molecular weight is 244 g/mol. The van der Waals surface area contributed by atoms with Gasteiger partial charge in [0, 0.05) is 18.8 Å². The van der Waals surface area contributed by atoms with E-state index >= 15 is 0 Å². The third-order valence-corrected chi connectivity index (χ3v) is 2.79. The maximum atomic E-state index is 11.8. The van der Waals surface area contributed by atoms with Gasteiger partial charge in [0.05, 0.1) is 11.8 Å². The smallest absolute Gasteiger partial charge is 0.255 e. The Balaban J connectivity index is 1.95. The first kappa shape index (κ1) is 12.3. The summed E-state index contributed by atoms with van der Waals surface area (Å²) in [6, 6.07) is 7.85. The highest BCUT2D eigenvalue weighted by Gasteiger charge is 2.09. The molecule has 0 aliphatic rings. The van der Waals surface area contributed by atoms with Gasteiger partial charge in [0.1, 0.15) is 0 Å². The minimum absolute atomic E-state index is 0.121. The van der Waals surface area contributed by atoms with Gasteiger partial charge in [-0.2, -0.15) is 5.10 Å². The molecule has 0 atom stereocenters. The lowest BCUT2D eigenvalue weighted by atomic mass is 10.1. The first-order valence-electron chi connectivity index (χ1n) is 5.76. The van der Waals surface area contributed by atoms with Gasteiger partial charge in [0.2, 0.25) is 0 Å². The van der Waals surface area contributed by atoms with Crippen LogP contribution in [0.5, 0.6) is 0 Å². The van der Waals surface area contributed by atoms with Gasteiger partial charge >= 0.3 is 0 Å². The van der Waals surface area contributed by atoms with Crippen molar-refractivity contribution in [3.8, 4) is 0 Å². The summed E-state index contributed by atoms with van der Waals surface area (Å²) < 4.78 is 0. The van der Waals surface area contributed by atoms with Crippen LogP contribution in [0, 0.1) is 6.92 Å². The molecule has 5 nitrogen and oxygen atoms in total. The minimum atomic E-state index is -0.121. The van der Waals surface area contributed by atoms with Crippen molar-refractivity contribution in [2.24, 2.45) is 5.73 Å². The maximum Gasteiger partial charge on any atom is 0.255 e. The Kier molecular flexibility index (Phi) is 3.74. The molecule has 94 valence electrons. The molecule has 0 saturated heterocycles. The molecule has 0 radical (unpaired) electrons. The topological polar surface area (TPSA) is 83.8 Å². The van der Waals surface area contributed by atoms with E-state index in [2.05, 4.69) is 15.5 Å². The molecule has 0 bridgehead atoms. The fraction of sp³-hybridized carbons (Fsp3) is 0.231. The van der Waals surface area contributed by atoms with Crippen LogP contribution in [-0.2, 0) is 13.1 Å². The van der Waals surface area contributed by atoms with E-state index in [-0.39, 0.29) is 5.91 Å². The van der Waals surface area contributed by atoms with Crippen molar-refractivity contribution in [1.29, 1.82) is 0 Å². The summed E-state index contributed by atoms with van der Waals surface area (Å²) in [7, 11) is 0. The van der Waals surface area contributed by atoms with Gasteiger partial charge in [-0.05, 0) is 18.1 Å². The number of carbonyl (C=O) groups is 1. The van der Waals surface area contributed by atoms with Gasteiger partial charge in [-0.3, -0.25) is 9.89 Å². The molecule has 0 aliphatic carbocycles. The van der Waals surface area contributed by atoms with E-state index < -0.39 is 0 Å². The Bertz CT molecular complexity index is 530. The number of nitrogens with one attached hydrogen (secondary N) is 2. The summed E-state index contributed by atoms with van der Waals surface area (Å²) >= 11 is 0. The number of rotatable bonds is 4. The van der Waals surface area contributed by atoms with Crippen molar-refractivity contribution in [3.63, 3.8) is 0 Å². The van der Waals surface area contributed by atoms with E-state index in [4.69, 9.17) is 5.73 Å². The molecule has 18 heavy (non-hydrogen) atoms. The van der Waals surface area contributed by atoms with Crippen LogP contribution in [0.15, 0.2) is 30.5 Å². The Hall–Kier alpha value is -2.14. The van der Waals surface area contributed by atoms with Crippen molar-refractivity contribution >= 4 is 5.91 Å². The Labute approximate surface area is 105 Å². The number of aromatic amines is 1. The highest BCUT2D eigenvalue weighted by molar-refractivity contribution is 5.94. The second-order valence-corrected chi connectivity index (χ2v) is 4.11. The normalized spacial score (nSPS) is 10.3. The van der Waals surface area contributed by atoms with Crippen LogP contribution in [0.25, 0.3) is 0 Å². The summed E-state index contributed by atoms with van der Waals surface area (Å²) in [6.07, 6.45) is 1.53. The van der Waals surface area contributed by atoms with E-state index in [0.717, 1.165) is 16.8 Å². The molecule has 4 N–H and O–H groups in total. The molecule has 0 fully saturated rings. The van der Waals surface area contributed by atoms with Crippen LogP contribution in [0.4, 0.5) is 0 Å². The van der Waals surface area contributed by atoms with Gasteiger partial charge in [-0.1, -0.05) is 24.3 Å². The summed E-state index contributed by atoms with van der Waals surface area (Å²) in [6.45, 7) is 2.84. The Morgan fingerprint density at radius 3 is 2.56 bits per heavy atom. The molecule has 1 heterocycles. The Morgan fingerprint density at radius 1 is 1.33 bits per heavy atom. The number of hydrogen-bond acceptors (Lipinski definition) is 3. The number of carbonyl (C=O) groups excluding carboxylic acids is 1. The van der Waals surface area contributed by atoms with E-state index in [9.17, 15) is 4.79 Å². The van der Waals surface area contributed by atoms with E-state index in [0.29, 0.717) is 18.7 Å². The molecule has 1 aromatic heterocycles. The lowest BCUT2D eigenvalue weighted by molar-refractivity contribution is 0.0950. The summed E-state index contributed by atoms with van der Waals surface area (Å²) in [5.41, 5.74) is 8.99. The lowest BCUT2D eigenvalue weighted by Gasteiger charge is -2.05. The predicted octanol–water partition coefficient (Wildman–Crippen LogP) is 1.11. The number of hydrogen-bond donors (Lipinski definition) is 3. The highest BCUT2D eigenvalue weighted by Crippen LogP contribution is 2.05. The third-order valence-electron chi connectivity index (χ3n) is 2.79. The molecule has 0 unspecified atom stereocenters. The SMILES string of the molecule is Cc1[nH]ncc1C(=O)NCc1ccc(CN)cc1. The van der Waals surface area contributed by atoms with Crippen LogP contribution in [0.2, 0.25) is 0 Å². The van der Waals surface area contributed by atoms with Crippen LogP contribution in [0.3, 0.4) is 0 Å². The largest absolute Gasteiger partial charge is 0.348 e. The zero-order valence-electron chi connectivity index (χ0n) is 10.2. The van der Waals surface area contributed by atoms with Gasteiger partial charge in [0.15, 0.2) is 0 Å².